The molecule has 9 heteroatoms. The molecule has 0 spiro atoms. The van der Waals surface area contributed by atoms with Crippen LogP contribution in [0, 0.1) is 0 Å². The van der Waals surface area contributed by atoms with Gasteiger partial charge in [0.15, 0.2) is 0 Å². The number of benzene rings is 2. The second-order valence-electron chi connectivity index (χ2n) is 6.40. The number of nitrogens with one attached hydrogen (secondary N) is 1. The van der Waals surface area contributed by atoms with Gasteiger partial charge in [-0.2, -0.15) is 0 Å². The molecule has 148 valence electrons. The molecular weight excluding hydrogens is 382 g/mol. The highest BCUT2D eigenvalue weighted by Crippen LogP contribution is 2.21. The smallest absolute Gasteiger partial charge is 0.421 e. The Hall–Kier alpha value is -2.75. The Balaban J connectivity index is 1.84. The van der Waals surface area contributed by atoms with E-state index in [-0.39, 0.29) is 17.2 Å². The molecule has 8 nitrogen and oxygen atoms in total. The van der Waals surface area contributed by atoms with Crippen LogP contribution in [-0.2, 0) is 26.2 Å². The third kappa shape index (κ3) is 4.75. The Morgan fingerprint density at radius 2 is 1.79 bits per heavy atom. The molecule has 28 heavy (non-hydrogen) atoms. The number of primary sulfonamides is 1. The third-order valence-corrected chi connectivity index (χ3v) is 5.32. The van der Waals surface area contributed by atoms with Gasteiger partial charge in [0, 0.05) is 0 Å². The summed E-state index contributed by atoms with van der Waals surface area (Å²) in [4.78, 5) is 26.4. The zero-order valence-electron chi connectivity index (χ0n) is 15.1. The van der Waals surface area contributed by atoms with E-state index in [0.29, 0.717) is 13.0 Å². The minimum Gasteiger partial charge on any atom is -0.444 e. The highest BCUT2D eigenvalue weighted by molar-refractivity contribution is 7.89. The number of sulfonamides is 1. The number of amides is 2. The van der Waals surface area contributed by atoms with Crippen LogP contribution in [-0.4, -0.2) is 33.0 Å². The summed E-state index contributed by atoms with van der Waals surface area (Å²) in [6.07, 6.45) is 0.607. The molecular formula is C19H21N3O5S. The van der Waals surface area contributed by atoms with E-state index in [1.807, 2.05) is 18.2 Å². The molecule has 0 radical (unpaired) electrons. The first-order valence-electron chi connectivity index (χ1n) is 8.77. The van der Waals surface area contributed by atoms with E-state index < -0.39 is 28.1 Å². The van der Waals surface area contributed by atoms with Crippen LogP contribution in [0.2, 0.25) is 0 Å². The quantitative estimate of drug-likeness (QED) is 0.785. The highest BCUT2D eigenvalue weighted by Gasteiger charge is 2.33. The number of ether oxygens (including phenoxy) is 1. The summed E-state index contributed by atoms with van der Waals surface area (Å²) < 4.78 is 28.2. The minimum atomic E-state index is -3.88. The van der Waals surface area contributed by atoms with Crippen molar-refractivity contribution in [2.75, 3.05) is 11.4 Å². The molecule has 0 aromatic heterocycles. The van der Waals surface area contributed by atoms with Gasteiger partial charge in [0.25, 0.3) is 5.91 Å². The van der Waals surface area contributed by atoms with E-state index in [0.717, 1.165) is 16.9 Å². The van der Waals surface area contributed by atoms with E-state index in [2.05, 4.69) is 5.32 Å². The van der Waals surface area contributed by atoms with Crippen molar-refractivity contribution in [1.29, 1.82) is 0 Å². The Kier molecular flexibility index (Phi) is 6.08. The first-order chi connectivity index (χ1) is 13.4. The third-order valence-electron chi connectivity index (χ3n) is 4.39. The summed E-state index contributed by atoms with van der Waals surface area (Å²) in [6.45, 7) is 0.699. The molecule has 3 N–H and O–H groups in total. The molecule has 1 saturated heterocycles. The van der Waals surface area contributed by atoms with Crippen LogP contribution in [0.3, 0.4) is 0 Å². The fourth-order valence-electron chi connectivity index (χ4n) is 2.94. The van der Waals surface area contributed by atoms with Crippen molar-refractivity contribution in [3.05, 3.63) is 60.2 Å². The summed E-state index contributed by atoms with van der Waals surface area (Å²) in [5.74, 6) is -0.445. The average Bonchev–Trinajstić information content (AvgIpc) is 3.22. The van der Waals surface area contributed by atoms with Gasteiger partial charge in [-0.15, -0.1) is 0 Å². The number of anilines is 1. The van der Waals surface area contributed by atoms with Crippen LogP contribution in [0.25, 0.3) is 0 Å². The molecule has 0 unspecified atom stereocenters. The van der Waals surface area contributed by atoms with Crippen molar-refractivity contribution in [3.8, 4) is 0 Å². The van der Waals surface area contributed by atoms with Crippen molar-refractivity contribution < 1.29 is 22.7 Å². The Bertz CT molecular complexity index is 939. The van der Waals surface area contributed by atoms with E-state index >= 15 is 0 Å². The number of hydrogen-bond donors (Lipinski definition) is 2. The Morgan fingerprint density at radius 3 is 2.36 bits per heavy atom. The molecule has 2 aromatic carbocycles. The molecule has 1 fully saturated rings. The van der Waals surface area contributed by atoms with Gasteiger partial charge in [0.05, 0.1) is 16.6 Å². The molecule has 2 amide bonds. The van der Waals surface area contributed by atoms with Crippen molar-refractivity contribution in [2.24, 2.45) is 5.14 Å². The normalized spacial score (nSPS) is 16.5. The maximum absolute atomic E-state index is 12.9. The number of nitrogens with two attached hydrogens (primary N) is 1. The molecule has 0 bridgehead atoms. The van der Waals surface area contributed by atoms with Crippen molar-refractivity contribution in [1.82, 2.24) is 5.32 Å². The maximum Gasteiger partial charge on any atom is 0.421 e. The zero-order chi connectivity index (χ0) is 20.1. The molecule has 1 aliphatic rings. The number of imide groups is 1. The van der Waals surface area contributed by atoms with Crippen LogP contribution in [0.4, 0.5) is 10.5 Å². The van der Waals surface area contributed by atoms with Crippen molar-refractivity contribution in [3.63, 3.8) is 0 Å². The standard InChI is InChI=1S/C19H21N3O5S/c20-28(25,26)16-10-8-15(9-11-16)22(18(23)17-7-4-12-21-17)19(24)27-13-14-5-2-1-3-6-14/h1-3,5-6,8-11,17,21H,4,7,12-13H2,(H2,20,25,26)/t17-/m0/s1. The van der Waals surface area contributed by atoms with Crippen LogP contribution < -0.4 is 15.4 Å². The summed E-state index contributed by atoms with van der Waals surface area (Å²) in [6, 6.07) is 13.8. The van der Waals surface area contributed by atoms with Crippen LogP contribution in [0.1, 0.15) is 18.4 Å². The average molecular weight is 403 g/mol. The predicted molar refractivity (Wildman–Crippen MR) is 103 cm³/mol. The van der Waals surface area contributed by atoms with Gasteiger partial charge in [-0.25, -0.2) is 23.3 Å². The lowest BCUT2D eigenvalue weighted by Crippen LogP contribution is -2.47. The first-order valence-corrected chi connectivity index (χ1v) is 10.3. The van der Waals surface area contributed by atoms with Crippen molar-refractivity contribution >= 4 is 27.7 Å². The van der Waals surface area contributed by atoms with Gasteiger partial charge in [-0.05, 0) is 49.2 Å². The number of rotatable bonds is 5. The minimum absolute atomic E-state index is 0.0107. The van der Waals surface area contributed by atoms with E-state index in [9.17, 15) is 18.0 Å². The van der Waals surface area contributed by atoms with Crippen LogP contribution in [0.5, 0.6) is 0 Å². The van der Waals surface area contributed by atoms with E-state index in [1.165, 1.54) is 24.3 Å². The lowest BCUT2D eigenvalue weighted by atomic mass is 10.2. The Morgan fingerprint density at radius 1 is 1.11 bits per heavy atom. The van der Waals surface area contributed by atoms with Gasteiger partial charge in [0.2, 0.25) is 10.0 Å². The number of carbonyl (C=O) groups excluding carboxylic acids is 2. The second kappa shape index (κ2) is 8.51. The van der Waals surface area contributed by atoms with Gasteiger partial charge in [-0.3, -0.25) is 4.79 Å². The topological polar surface area (TPSA) is 119 Å². The highest BCUT2D eigenvalue weighted by atomic mass is 32.2. The predicted octanol–water partition coefficient (Wildman–Crippen LogP) is 1.76. The van der Waals surface area contributed by atoms with Gasteiger partial charge < -0.3 is 10.1 Å². The maximum atomic E-state index is 12.9. The van der Waals surface area contributed by atoms with Gasteiger partial charge in [-0.1, -0.05) is 30.3 Å². The first kappa shape index (κ1) is 20.0. The zero-order valence-corrected chi connectivity index (χ0v) is 15.9. The molecule has 2 aromatic rings. The molecule has 0 aliphatic carbocycles. The summed E-state index contributed by atoms with van der Waals surface area (Å²) in [5, 5.41) is 8.16. The van der Waals surface area contributed by atoms with Crippen LogP contribution >= 0.6 is 0 Å². The summed E-state index contributed by atoms with van der Waals surface area (Å²) in [5.41, 5.74) is 0.996. The molecule has 1 atom stereocenters. The Labute approximate surface area is 163 Å². The lowest BCUT2D eigenvalue weighted by Gasteiger charge is -2.23. The molecule has 3 rings (SSSR count). The number of carbonyl (C=O) groups is 2. The number of hydrogen-bond acceptors (Lipinski definition) is 6. The molecule has 1 aliphatic heterocycles. The van der Waals surface area contributed by atoms with Crippen molar-refractivity contribution in [2.45, 2.75) is 30.4 Å². The number of nitrogens with zero attached hydrogens (tertiary/aromatic N) is 1. The lowest BCUT2D eigenvalue weighted by molar-refractivity contribution is -0.119. The fraction of sp³-hybridized carbons (Fsp3) is 0.263. The van der Waals surface area contributed by atoms with Gasteiger partial charge in [0.1, 0.15) is 6.61 Å². The van der Waals surface area contributed by atoms with Crippen LogP contribution in [0.15, 0.2) is 59.5 Å². The van der Waals surface area contributed by atoms with E-state index in [4.69, 9.17) is 9.88 Å². The van der Waals surface area contributed by atoms with Gasteiger partial charge >= 0.3 is 6.09 Å². The monoisotopic (exact) mass is 403 g/mol. The SMILES string of the molecule is NS(=O)(=O)c1ccc(N(C(=O)OCc2ccccc2)C(=O)[C@@H]2CCCN2)cc1. The molecule has 1 heterocycles. The second-order valence-corrected chi connectivity index (χ2v) is 7.96. The summed E-state index contributed by atoms with van der Waals surface area (Å²) in [7, 11) is -3.88. The summed E-state index contributed by atoms with van der Waals surface area (Å²) >= 11 is 0. The molecule has 0 saturated carbocycles. The fourth-order valence-corrected chi connectivity index (χ4v) is 3.46. The van der Waals surface area contributed by atoms with E-state index in [1.54, 1.807) is 12.1 Å². The largest absolute Gasteiger partial charge is 0.444 e.